The van der Waals surface area contributed by atoms with E-state index < -0.39 is 0 Å². The number of nitrogens with zero attached hydrogens (tertiary/aromatic N) is 3. The quantitative estimate of drug-likeness (QED) is 0.184. The molecule has 0 unspecified atom stereocenters. The summed E-state index contributed by atoms with van der Waals surface area (Å²) in [4.78, 5) is 9.61. The average molecular weight is 660 g/mol. The van der Waals surface area contributed by atoms with Crippen molar-refractivity contribution in [2.45, 2.75) is 26.2 Å². The SMILES string of the molecule is CC(C)(C)c1ccnc(-c2cc3c4ccsc4ccc3c3sc(Oc4cccc(N5CN(c6ccccc6)c6ccccc65)c4)cc23)c1. The maximum absolute atomic E-state index is 6.71. The molecule has 3 aromatic heterocycles. The summed E-state index contributed by atoms with van der Waals surface area (Å²) < 4.78 is 9.23. The molecule has 48 heavy (non-hydrogen) atoms. The van der Waals surface area contributed by atoms with Gasteiger partial charge < -0.3 is 14.5 Å². The molecule has 0 atom stereocenters. The highest BCUT2D eigenvalue weighted by Crippen LogP contribution is 2.47. The first-order chi connectivity index (χ1) is 23.4. The number of hydrogen-bond donors (Lipinski definition) is 0. The van der Waals surface area contributed by atoms with Gasteiger partial charge >= 0.3 is 0 Å². The number of aromatic nitrogens is 1. The zero-order chi connectivity index (χ0) is 32.4. The molecule has 5 aromatic carbocycles. The number of hydrogen-bond acceptors (Lipinski definition) is 6. The van der Waals surface area contributed by atoms with Gasteiger partial charge in [-0.15, -0.1) is 11.3 Å². The highest BCUT2D eigenvalue weighted by molar-refractivity contribution is 7.22. The topological polar surface area (TPSA) is 28.6 Å². The minimum atomic E-state index is 0.0240. The van der Waals surface area contributed by atoms with Gasteiger partial charge in [0.05, 0.1) is 17.1 Å². The van der Waals surface area contributed by atoms with Gasteiger partial charge in [-0.3, -0.25) is 4.98 Å². The van der Waals surface area contributed by atoms with Crippen LogP contribution in [0, 0.1) is 0 Å². The number of ether oxygens (including phenoxy) is 1. The molecule has 0 N–H and O–H groups in total. The van der Waals surface area contributed by atoms with Gasteiger partial charge in [0.25, 0.3) is 0 Å². The van der Waals surface area contributed by atoms with Gasteiger partial charge in [-0.2, -0.15) is 0 Å². The maximum Gasteiger partial charge on any atom is 0.182 e. The summed E-state index contributed by atoms with van der Waals surface area (Å²) in [7, 11) is 0. The molecular weight excluding hydrogens is 627 g/mol. The van der Waals surface area contributed by atoms with Crippen LogP contribution in [0.5, 0.6) is 10.8 Å². The smallest absolute Gasteiger partial charge is 0.182 e. The monoisotopic (exact) mass is 659 g/mol. The van der Waals surface area contributed by atoms with Gasteiger partial charge in [-0.25, -0.2) is 0 Å². The minimum absolute atomic E-state index is 0.0240. The molecule has 0 spiro atoms. The van der Waals surface area contributed by atoms with Crippen molar-refractivity contribution in [2.24, 2.45) is 0 Å². The van der Waals surface area contributed by atoms with E-state index in [4.69, 9.17) is 9.72 Å². The van der Waals surface area contributed by atoms with E-state index >= 15 is 0 Å². The molecule has 0 amide bonds. The van der Waals surface area contributed by atoms with Crippen molar-refractivity contribution in [1.29, 1.82) is 0 Å². The lowest BCUT2D eigenvalue weighted by atomic mass is 9.86. The van der Waals surface area contributed by atoms with Gasteiger partial charge in [0.15, 0.2) is 5.06 Å². The fraction of sp³-hybridized carbons (Fsp3) is 0.119. The van der Waals surface area contributed by atoms with E-state index in [0.717, 1.165) is 34.4 Å². The van der Waals surface area contributed by atoms with Crippen molar-refractivity contribution in [3.63, 3.8) is 0 Å². The molecule has 0 aliphatic carbocycles. The van der Waals surface area contributed by atoms with Crippen LogP contribution in [0.3, 0.4) is 0 Å². The van der Waals surface area contributed by atoms with Crippen LogP contribution in [-0.2, 0) is 5.41 Å². The molecule has 1 aliphatic heterocycles. The fourth-order valence-corrected chi connectivity index (χ4v) is 8.70. The van der Waals surface area contributed by atoms with E-state index in [-0.39, 0.29) is 5.41 Å². The van der Waals surface area contributed by atoms with Crippen LogP contribution in [0.25, 0.3) is 42.2 Å². The van der Waals surface area contributed by atoms with Crippen molar-refractivity contribution in [3.8, 4) is 22.1 Å². The lowest BCUT2D eigenvalue weighted by Crippen LogP contribution is -2.23. The number of thiophene rings is 2. The molecule has 0 saturated heterocycles. The Kier molecular flexibility index (Phi) is 6.78. The summed E-state index contributed by atoms with van der Waals surface area (Å²) >= 11 is 3.49. The molecule has 0 bridgehead atoms. The van der Waals surface area contributed by atoms with E-state index in [1.807, 2.05) is 12.3 Å². The van der Waals surface area contributed by atoms with Crippen LogP contribution in [0.2, 0.25) is 0 Å². The van der Waals surface area contributed by atoms with Crippen LogP contribution in [0.4, 0.5) is 22.7 Å². The third-order valence-electron chi connectivity index (χ3n) is 9.27. The second-order valence-corrected chi connectivity index (χ2v) is 15.3. The zero-order valence-corrected chi connectivity index (χ0v) is 28.6. The van der Waals surface area contributed by atoms with Crippen LogP contribution in [-0.4, -0.2) is 11.7 Å². The number of pyridine rings is 1. The number of anilines is 4. The number of fused-ring (bicyclic) bond motifs is 6. The van der Waals surface area contributed by atoms with Gasteiger partial charge in [0.1, 0.15) is 12.4 Å². The Hall–Kier alpha value is -5.17. The Morgan fingerprint density at radius 3 is 2.25 bits per heavy atom. The minimum Gasteiger partial charge on any atom is -0.447 e. The van der Waals surface area contributed by atoms with E-state index in [1.54, 1.807) is 22.7 Å². The molecule has 8 aromatic rings. The summed E-state index contributed by atoms with van der Waals surface area (Å²) in [5.74, 6) is 0.814. The third-order valence-corrected chi connectivity index (χ3v) is 11.2. The van der Waals surface area contributed by atoms with Crippen molar-refractivity contribution < 1.29 is 4.74 Å². The summed E-state index contributed by atoms with van der Waals surface area (Å²) in [6, 6.07) is 43.3. The van der Waals surface area contributed by atoms with E-state index in [1.165, 1.54) is 53.6 Å². The highest BCUT2D eigenvalue weighted by atomic mass is 32.1. The largest absolute Gasteiger partial charge is 0.447 e. The maximum atomic E-state index is 6.71. The normalized spacial score (nSPS) is 13.1. The standard InChI is InChI=1S/C42H33N3OS2/c1-42(2,3)27-18-20-43-36(22-27)34-24-33-31-19-21-47-39(31)17-16-32(33)41-35(34)25-40(48-41)46-30-13-9-12-29(23-30)45-26-44(28-10-5-4-6-11-28)37-14-7-8-15-38(37)45/h4-25H,26H2,1-3H3. The third kappa shape index (κ3) is 4.91. The average Bonchev–Trinajstić information content (AvgIpc) is 3.85. The van der Waals surface area contributed by atoms with E-state index in [0.29, 0.717) is 0 Å². The Morgan fingerprint density at radius 1 is 0.667 bits per heavy atom. The van der Waals surface area contributed by atoms with Gasteiger partial charge in [-0.1, -0.05) is 74.6 Å². The van der Waals surface area contributed by atoms with Gasteiger partial charge in [0.2, 0.25) is 0 Å². The summed E-state index contributed by atoms with van der Waals surface area (Å²) in [5, 5.41) is 7.99. The van der Waals surface area contributed by atoms with Crippen LogP contribution in [0.1, 0.15) is 26.3 Å². The number of benzene rings is 5. The summed E-state index contributed by atoms with van der Waals surface area (Å²) in [6.45, 7) is 7.48. The summed E-state index contributed by atoms with van der Waals surface area (Å²) in [6.07, 6.45) is 1.95. The molecule has 0 radical (unpaired) electrons. The molecule has 1 aliphatic rings. The zero-order valence-electron chi connectivity index (χ0n) is 27.0. The Morgan fingerprint density at radius 2 is 1.44 bits per heavy atom. The molecule has 234 valence electrons. The predicted octanol–water partition coefficient (Wildman–Crippen LogP) is 12.7. The van der Waals surface area contributed by atoms with E-state index in [9.17, 15) is 0 Å². The lowest BCUT2D eigenvalue weighted by molar-refractivity contribution is 0.497. The van der Waals surface area contributed by atoms with Crippen molar-refractivity contribution in [3.05, 3.63) is 138 Å². The fourth-order valence-electron chi connectivity index (χ4n) is 6.81. The first-order valence-electron chi connectivity index (χ1n) is 16.2. The predicted molar refractivity (Wildman–Crippen MR) is 205 cm³/mol. The molecule has 4 nitrogen and oxygen atoms in total. The Bertz CT molecular complexity index is 2470. The molecule has 9 rings (SSSR count). The first kappa shape index (κ1) is 29.0. The van der Waals surface area contributed by atoms with Gasteiger partial charge in [-0.05, 0) is 88.5 Å². The molecular formula is C42H33N3OS2. The molecule has 6 heteroatoms. The van der Waals surface area contributed by atoms with Gasteiger partial charge in [0, 0.05) is 60.8 Å². The Labute approximate surface area is 288 Å². The van der Waals surface area contributed by atoms with Crippen molar-refractivity contribution in [1.82, 2.24) is 4.98 Å². The lowest BCUT2D eigenvalue weighted by Gasteiger charge is -2.22. The summed E-state index contributed by atoms with van der Waals surface area (Å²) in [5.41, 5.74) is 8.07. The molecule has 4 heterocycles. The molecule has 0 fully saturated rings. The van der Waals surface area contributed by atoms with Crippen molar-refractivity contribution in [2.75, 3.05) is 16.5 Å². The van der Waals surface area contributed by atoms with E-state index in [2.05, 4.69) is 151 Å². The first-order valence-corrected chi connectivity index (χ1v) is 17.9. The second-order valence-electron chi connectivity index (χ2n) is 13.3. The van der Waals surface area contributed by atoms with Crippen molar-refractivity contribution >= 4 is 76.4 Å². The van der Waals surface area contributed by atoms with Crippen LogP contribution >= 0.6 is 22.7 Å². The van der Waals surface area contributed by atoms with Crippen LogP contribution < -0.4 is 14.5 Å². The number of rotatable bonds is 5. The molecule has 0 saturated carbocycles. The highest BCUT2D eigenvalue weighted by Gasteiger charge is 2.28. The number of para-hydroxylation sites is 3. The second kappa shape index (κ2) is 11.2. The Balaban J connectivity index is 1.13. The van der Waals surface area contributed by atoms with Crippen LogP contribution in [0.15, 0.2) is 133 Å².